The number of rotatable bonds is 2. The molecule has 0 amide bonds. The van der Waals surface area contributed by atoms with Crippen LogP contribution in [0.5, 0.6) is 0 Å². The topological polar surface area (TPSA) is 39.8 Å². The standard InChI is InChI=1S/C11H13N3O/c1-9-3-5-14(11(15)7-9)8-10-12-4-6-13(10)2/h3-7H,8H2,1-2H3. The zero-order chi connectivity index (χ0) is 10.8. The lowest BCUT2D eigenvalue weighted by atomic mass is 10.3. The highest BCUT2D eigenvalue weighted by molar-refractivity contribution is 5.09. The molecule has 0 saturated carbocycles. The molecule has 0 aliphatic rings. The van der Waals surface area contributed by atoms with E-state index in [1.165, 1.54) is 0 Å². The molecule has 2 heterocycles. The summed E-state index contributed by atoms with van der Waals surface area (Å²) in [6.45, 7) is 2.43. The first-order chi connectivity index (χ1) is 7.16. The van der Waals surface area contributed by atoms with Crippen LogP contribution in [0.2, 0.25) is 0 Å². The minimum atomic E-state index is 0.0120. The van der Waals surface area contributed by atoms with Gasteiger partial charge in [0.05, 0.1) is 6.54 Å². The van der Waals surface area contributed by atoms with Gasteiger partial charge in [-0.3, -0.25) is 4.79 Å². The van der Waals surface area contributed by atoms with E-state index >= 15 is 0 Å². The van der Waals surface area contributed by atoms with Crippen LogP contribution in [0.15, 0.2) is 35.5 Å². The molecule has 0 aliphatic carbocycles. The second-order valence-electron chi connectivity index (χ2n) is 3.62. The molecule has 0 saturated heterocycles. The second-order valence-corrected chi connectivity index (χ2v) is 3.62. The third-order valence-electron chi connectivity index (χ3n) is 2.38. The number of hydrogen-bond donors (Lipinski definition) is 0. The zero-order valence-electron chi connectivity index (χ0n) is 8.84. The van der Waals surface area contributed by atoms with Crippen LogP contribution in [0.4, 0.5) is 0 Å². The van der Waals surface area contributed by atoms with E-state index < -0.39 is 0 Å². The van der Waals surface area contributed by atoms with Crippen molar-refractivity contribution in [2.24, 2.45) is 7.05 Å². The highest BCUT2D eigenvalue weighted by Gasteiger charge is 2.01. The van der Waals surface area contributed by atoms with Crippen LogP contribution in [-0.4, -0.2) is 14.1 Å². The van der Waals surface area contributed by atoms with Crippen LogP contribution in [0.1, 0.15) is 11.4 Å². The summed E-state index contributed by atoms with van der Waals surface area (Å²) < 4.78 is 3.56. The highest BCUT2D eigenvalue weighted by atomic mass is 16.1. The van der Waals surface area contributed by atoms with Gasteiger partial charge >= 0.3 is 0 Å². The van der Waals surface area contributed by atoms with Gasteiger partial charge in [-0.1, -0.05) is 0 Å². The molecule has 2 aromatic heterocycles. The summed E-state index contributed by atoms with van der Waals surface area (Å²) in [5.41, 5.74) is 0.995. The van der Waals surface area contributed by atoms with Gasteiger partial charge in [-0.25, -0.2) is 4.98 Å². The van der Waals surface area contributed by atoms with Crippen LogP contribution in [0, 0.1) is 6.92 Å². The third-order valence-corrected chi connectivity index (χ3v) is 2.38. The fourth-order valence-electron chi connectivity index (χ4n) is 1.44. The molecular formula is C11H13N3O. The van der Waals surface area contributed by atoms with Crippen LogP contribution >= 0.6 is 0 Å². The Morgan fingerprint density at radius 3 is 2.80 bits per heavy atom. The molecule has 0 spiro atoms. The van der Waals surface area contributed by atoms with Crippen molar-refractivity contribution < 1.29 is 0 Å². The first kappa shape index (κ1) is 9.71. The summed E-state index contributed by atoms with van der Waals surface area (Å²) in [6, 6.07) is 3.55. The van der Waals surface area contributed by atoms with Crippen molar-refractivity contribution in [3.05, 3.63) is 52.5 Å². The van der Waals surface area contributed by atoms with Crippen LogP contribution in [-0.2, 0) is 13.6 Å². The smallest absolute Gasteiger partial charge is 0.251 e. The quantitative estimate of drug-likeness (QED) is 0.728. The summed E-state index contributed by atoms with van der Waals surface area (Å²) in [4.78, 5) is 15.8. The summed E-state index contributed by atoms with van der Waals surface area (Å²) in [7, 11) is 1.92. The van der Waals surface area contributed by atoms with Gasteiger partial charge in [0, 0.05) is 31.7 Å². The Kier molecular flexibility index (Phi) is 2.41. The van der Waals surface area contributed by atoms with E-state index in [0.717, 1.165) is 11.4 Å². The number of hydrogen-bond acceptors (Lipinski definition) is 2. The maximum atomic E-state index is 11.6. The lowest BCUT2D eigenvalue weighted by molar-refractivity contribution is 0.677. The van der Waals surface area contributed by atoms with Crippen LogP contribution in [0.25, 0.3) is 0 Å². The van der Waals surface area contributed by atoms with Crippen LogP contribution < -0.4 is 5.56 Å². The number of imidazole rings is 1. The molecule has 0 bridgehead atoms. The summed E-state index contributed by atoms with van der Waals surface area (Å²) in [5.74, 6) is 0.876. The number of aromatic nitrogens is 3. The number of aryl methyl sites for hydroxylation is 2. The molecule has 4 heteroatoms. The van der Waals surface area contributed by atoms with Gasteiger partial charge in [0.15, 0.2) is 0 Å². The van der Waals surface area contributed by atoms with Crippen molar-refractivity contribution in [1.29, 1.82) is 0 Å². The van der Waals surface area contributed by atoms with E-state index in [-0.39, 0.29) is 5.56 Å². The van der Waals surface area contributed by atoms with E-state index in [9.17, 15) is 4.79 Å². The van der Waals surface area contributed by atoms with E-state index in [2.05, 4.69) is 4.98 Å². The summed E-state index contributed by atoms with van der Waals surface area (Å²) in [6.07, 6.45) is 5.40. The largest absolute Gasteiger partial charge is 0.337 e. The molecule has 0 fully saturated rings. The minimum Gasteiger partial charge on any atom is -0.337 e. The van der Waals surface area contributed by atoms with Gasteiger partial charge < -0.3 is 9.13 Å². The number of pyridine rings is 1. The molecule has 78 valence electrons. The Bertz CT molecular complexity index is 525. The molecule has 0 unspecified atom stereocenters. The van der Waals surface area contributed by atoms with Gasteiger partial charge in [0.25, 0.3) is 5.56 Å². The maximum absolute atomic E-state index is 11.6. The van der Waals surface area contributed by atoms with E-state index in [1.807, 2.05) is 30.8 Å². The van der Waals surface area contributed by atoms with Crippen molar-refractivity contribution in [2.45, 2.75) is 13.5 Å². The maximum Gasteiger partial charge on any atom is 0.251 e. The molecule has 15 heavy (non-hydrogen) atoms. The minimum absolute atomic E-state index is 0.0120. The average Bonchev–Trinajstić information content (AvgIpc) is 2.57. The van der Waals surface area contributed by atoms with Gasteiger partial charge in [0.1, 0.15) is 5.82 Å². The molecule has 2 rings (SSSR count). The van der Waals surface area contributed by atoms with Crippen molar-refractivity contribution in [3.8, 4) is 0 Å². The van der Waals surface area contributed by atoms with Crippen LogP contribution in [0.3, 0.4) is 0 Å². The predicted octanol–water partition coefficient (Wildman–Crippen LogP) is 0.939. The highest BCUT2D eigenvalue weighted by Crippen LogP contribution is 1.98. The monoisotopic (exact) mass is 203 g/mol. The Hall–Kier alpha value is -1.84. The van der Waals surface area contributed by atoms with Crippen molar-refractivity contribution in [2.75, 3.05) is 0 Å². The Morgan fingerprint density at radius 1 is 1.40 bits per heavy atom. The average molecular weight is 203 g/mol. The Morgan fingerprint density at radius 2 is 2.20 bits per heavy atom. The zero-order valence-corrected chi connectivity index (χ0v) is 8.84. The fourth-order valence-corrected chi connectivity index (χ4v) is 1.44. The van der Waals surface area contributed by atoms with Gasteiger partial charge in [0.2, 0.25) is 0 Å². The SMILES string of the molecule is Cc1ccn(Cc2nccn2C)c(=O)c1. The van der Waals surface area contributed by atoms with E-state index in [0.29, 0.717) is 6.54 Å². The third kappa shape index (κ3) is 1.98. The van der Waals surface area contributed by atoms with E-state index in [1.54, 1.807) is 23.0 Å². The Labute approximate surface area is 87.8 Å². The molecule has 0 radical (unpaired) electrons. The fraction of sp³-hybridized carbons (Fsp3) is 0.273. The molecule has 0 N–H and O–H groups in total. The summed E-state index contributed by atoms with van der Waals surface area (Å²) >= 11 is 0. The molecular weight excluding hydrogens is 190 g/mol. The van der Waals surface area contributed by atoms with Gasteiger partial charge in [-0.2, -0.15) is 0 Å². The predicted molar refractivity (Wildman–Crippen MR) is 57.7 cm³/mol. The van der Waals surface area contributed by atoms with Crippen molar-refractivity contribution in [3.63, 3.8) is 0 Å². The first-order valence-corrected chi connectivity index (χ1v) is 4.80. The van der Waals surface area contributed by atoms with Gasteiger partial charge in [-0.15, -0.1) is 0 Å². The van der Waals surface area contributed by atoms with Gasteiger partial charge in [-0.05, 0) is 18.6 Å². The molecule has 4 nitrogen and oxygen atoms in total. The second kappa shape index (κ2) is 3.73. The molecule has 0 atom stereocenters. The number of nitrogens with zero attached hydrogens (tertiary/aromatic N) is 3. The summed E-state index contributed by atoms with van der Waals surface area (Å²) in [5, 5.41) is 0. The lowest BCUT2D eigenvalue weighted by Gasteiger charge is -2.05. The molecule has 0 aliphatic heterocycles. The molecule has 2 aromatic rings. The van der Waals surface area contributed by atoms with Crippen molar-refractivity contribution >= 4 is 0 Å². The molecule has 0 aromatic carbocycles. The Balaban J connectivity index is 2.33. The normalized spacial score (nSPS) is 10.5. The first-order valence-electron chi connectivity index (χ1n) is 4.80. The van der Waals surface area contributed by atoms with E-state index in [4.69, 9.17) is 0 Å². The lowest BCUT2D eigenvalue weighted by Crippen LogP contribution is -2.20. The van der Waals surface area contributed by atoms with Crippen molar-refractivity contribution in [1.82, 2.24) is 14.1 Å².